The van der Waals surface area contributed by atoms with Crippen molar-refractivity contribution in [3.8, 4) is 11.5 Å². The molecule has 1 aromatic heterocycles. The van der Waals surface area contributed by atoms with Crippen LogP contribution in [0.1, 0.15) is 17.8 Å². The molecule has 0 spiro atoms. The van der Waals surface area contributed by atoms with Crippen LogP contribution in [0.25, 0.3) is 0 Å². The van der Waals surface area contributed by atoms with Gasteiger partial charge in [0, 0.05) is 39.5 Å². The number of benzene rings is 1. The lowest BCUT2D eigenvalue weighted by Gasteiger charge is -2.29. The highest BCUT2D eigenvalue weighted by atomic mass is 16.5. The van der Waals surface area contributed by atoms with Gasteiger partial charge < -0.3 is 18.9 Å². The number of ether oxygens (including phenoxy) is 2. The summed E-state index contributed by atoms with van der Waals surface area (Å²) in [6.07, 6.45) is 6.19. The summed E-state index contributed by atoms with van der Waals surface area (Å²) in [5.41, 5.74) is 1.03. The van der Waals surface area contributed by atoms with Gasteiger partial charge in [-0.1, -0.05) is 12.1 Å². The van der Waals surface area contributed by atoms with Crippen LogP contribution in [-0.2, 0) is 24.7 Å². The van der Waals surface area contributed by atoms with Crippen molar-refractivity contribution in [2.75, 3.05) is 27.3 Å². The Morgan fingerprint density at radius 1 is 1.48 bits per heavy atom. The van der Waals surface area contributed by atoms with E-state index in [9.17, 15) is 4.79 Å². The molecule has 2 heterocycles. The number of hydrogen-bond acceptors (Lipinski definition) is 4. The van der Waals surface area contributed by atoms with E-state index in [0.29, 0.717) is 19.6 Å². The predicted molar refractivity (Wildman–Crippen MR) is 94.8 cm³/mol. The molecule has 6 nitrogen and oxygen atoms in total. The van der Waals surface area contributed by atoms with Gasteiger partial charge in [0.15, 0.2) is 11.5 Å². The molecule has 0 radical (unpaired) electrons. The van der Waals surface area contributed by atoms with Gasteiger partial charge in [-0.15, -0.1) is 0 Å². The van der Waals surface area contributed by atoms with Gasteiger partial charge in [-0.05, 0) is 24.5 Å². The van der Waals surface area contributed by atoms with Crippen molar-refractivity contribution >= 4 is 5.91 Å². The first-order valence-corrected chi connectivity index (χ1v) is 8.60. The third-order valence-corrected chi connectivity index (χ3v) is 4.72. The fourth-order valence-corrected chi connectivity index (χ4v) is 3.25. The summed E-state index contributed by atoms with van der Waals surface area (Å²) < 4.78 is 13.2. The van der Waals surface area contributed by atoms with E-state index in [0.717, 1.165) is 35.7 Å². The van der Waals surface area contributed by atoms with E-state index in [1.807, 2.05) is 48.0 Å². The number of aryl methyl sites for hydroxylation is 2. The van der Waals surface area contributed by atoms with Crippen LogP contribution in [0.3, 0.4) is 0 Å². The molecule has 0 unspecified atom stereocenters. The first-order valence-electron chi connectivity index (χ1n) is 8.60. The monoisotopic (exact) mass is 343 g/mol. The van der Waals surface area contributed by atoms with E-state index < -0.39 is 0 Å². The van der Waals surface area contributed by atoms with Crippen molar-refractivity contribution in [2.45, 2.75) is 19.3 Å². The molecule has 0 fully saturated rings. The Morgan fingerprint density at radius 3 is 3.04 bits per heavy atom. The molecule has 2 aromatic rings. The van der Waals surface area contributed by atoms with Gasteiger partial charge in [-0.25, -0.2) is 4.98 Å². The van der Waals surface area contributed by atoms with E-state index in [-0.39, 0.29) is 11.8 Å². The number of carbonyl (C=O) groups is 1. The number of rotatable bonds is 6. The topological polar surface area (TPSA) is 56.6 Å². The van der Waals surface area contributed by atoms with Gasteiger partial charge in [0.05, 0.1) is 13.0 Å². The fourth-order valence-electron chi connectivity index (χ4n) is 3.25. The zero-order chi connectivity index (χ0) is 17.8. The first-order chi connectivity index (χ1) is 12.1. The lowest BCUT2D eigenvalue weighted by atomic mass is 9.95. The van der Waals surface area contributed by atoms with Crippen molar-refractivity contribution in [3.63, 3.8) is 0 Å². The Hall–Kier alpha value is -2.50. The lowest BCUT2D eigenvalue weighted by Crippen LogP contribution is -2.39. The number of aromatic nitrogens is 2. The summed E-state index contributed by atoms with van der Waals surface area (Å²) in [5, 5.41) is 0. The van der Waals surface area contributed by atoms with Crippen molar-refractivity contribution < 1.29 is 14.3 Å². The summed E-state index contributed by atoms with van der Waals surface area (Å²) in [7, 11) is 5.48. The van der Waals surface area contributed by atoms with E-state index >= 15 is 0 Å². The molecule has 134 valence electrons. The van der Waals surface area contributed by atoms with Crippen LogP contribution in [0.5, 0.6) is 11.5 Å². The molecule has 3 rings (SSSR count). The van der Waals surface area contributed by atoms with E-state index in [4.69, 9.17) is 9.47 Å². The summed E-state index contributed by atoms with van der Waals surface area (Å²) in [5.74, 6) is 2.53. The number of para-hydroxylation sites is 1. The Morgan fingerprint density at radius 2 is 2.32 bits per heavy atom. The minimum Gasteiger partial charge on any atom is -0.493 e. The highest BCUT2D eigenvalue weighted by Gasteiger charge is 2.29. The van der Waals surface area contributed by atoms with Crippen LogP contribution < -0.4 is 9.47 Å². The maximum atomic E-state index is 12.7. The average molecular weight is 343 g/mol. The van der Waals surface area contributed by atoms with Gasteiger partial charge in [0.25, 0.3) is 0 Å². The van der Waals surface area contributed by atoms with Crippen LogP contribution in [0, 0.1) is 5.92 Å². The molecule has 0 saturated heterocycles. The van der Waals surface area contributed by atoms with E-state index in [2.05, 4.69) is 4.98 Å². The minimum absolute atomic E-state index is 0.133. The Kier molecular flexibility index (Phi) is 5.26. The largest absolute Gasteiger partial charge is 0.493 e. The maximum absolute atomic E-state index is 12.7. The molecule has 1 atom stereocenters. The number of methoxy groups -OCH3 is 1. The number of carbonyl (C=O) groups excluding carboxylic acids is 1. The molecule has 1 aliphatic rings. The molecular formula is C19H25N3O3. The van der Waals surface area contributed by atoms with Crippen LogP contribution in [0.15, 0.2) is 30.6 Å². The van der Waals surface area contributed by atoms with E-state index in [1.165, 1.54) is 0 Å². The number of hydrogen-bond donors (Lipinski definition) is 0. The highest BCUT2D eigenvalue weighted by molar-refractivity contribution is 5.79. The number of amides is 1. The van der Waals surface area contributed by atoms with Crippen molar-refractivity contribution in [2.24, 2.45) is 13.0 Å². The third-order valence-electron chi connectivity index (χ3n) is 4.72. The Balaban J connectivity index is 1.55. The summed E-state index contributed by atoms with van der Waals surface area (Å²) in [4.78, 5) is 18.8. The Labute approximate surface area is 148 Å². The Bertz CT molecular complexity index is 741. The zero-order valence-electron chi connectivity index (χ0n) is 15.1. The van der Waals surface area contributed by atoms with Crippen LogP contribution in [0.2, 0.25) is 0 Å². The molecule has 0 saturated carbocycles. The predicted octanol–water partition coefficient (Wildman–Crippen LogP) is 2.07. The molecule has 1 aliphatic heterocycles. The molecule has 6 heteroatoms. The fraction of sp³-hybridized carbons (Fsp3) is 0.474. The quantitative estimate of drug-likeness (QED) is 0.806. The normalized spacial score (nSPS) is 16.0. The molecule has 1 aromatic carbocycles. The summed E-state index contributed by atoms with van der Waals surface area (Å²) >= 11 is 0. The molecule has 25 heavy (non-hydrogen) atoms. The van der Waals surface area contributed by atoms with Crippen molar-refractivity contribution in [1.29, 1.82) is 0 Å². The maximum Gasteiger partial charge on any atom is 0.229 e. The van der Waals surface area contributed by atoms with Gasteiger partial charge in [-0.3, -0.25) is 4.79 Å². The lowest BCUT2D eigenvalue weighted by molar-refractivity contribution is -0.135. The molecule has 0 N–H and O–H groups in total. The van der Waals surface area contributed by atoms with Gasteiger partial charge in [0.1, 0.15) is 12.4 Å². The van der Waals surface area contributed by atoms with Crippen molar-refractivity contribution in [3.05, 3.63) is 42.0 Å². The molecule has 0 bridgehead atoms. The number of imidazole rings is 1. The minimum atomic E-state index is -0.141. The second-order valence-electron chi connectivity index (χ2n) is 6.48. The SMILES string of the molecule is COc1cccc2c1OC[C@@H](C(=O)N(C)CCCc1nccn1C)C2. The first kappa shape index (κ1) is 17.3. The van der Waals surface area contributed by atoms with Crippen LogP contribution >= 0.6 is 0 Å². The van der Waals surface area contributed by atoms with Gasteiger partial charge in [0.2, 0.25) is 5.91 Å². The van der Waals surface area contributed by atoms with Crippen LogP contribution in [-0.4, -0.2) is 47.7 Å². The molecular weight excluding hydrogens is 318 g/mol. The second-order valence-corrected chi connectivity index (χ2v) is 6.48. The third kappa shape index (κ3) is 3.78. The van der Waals surface area contributed by atoms with Crippen LogP contribution in [0.4, 0.5) is 0 Å². The van der Waals surface area contributed by atoms with E-state index in [1.54, 1.807) is 13.3 Å². The summed E-state index contributed by atoms with van der Waals surface area (Å²) in [6.45, 7) is 1.11. The highest BCUT2D eigenvalue weighted by Crippen LogP contribution is 2.36. The zero-order valence-corrected chi connectivity index (χ0v) is 15.1. The average Bonchev–Trinajstić information content (AvgIpc) is 3.04. The molecule has 0 aliphatic carbocycles. The summed E-state index contributed by atoms with van der Waals surface area (Å²) in [6, 6.07) is 5.81. The second kappa shape index (κ2) is 7.59. The van der Waals surface area contributed by atoms with Gasteiger partial charge >= 0.3 is 0 Å². The standard InChI is InChI=1S/C19H25N3O3/c1-21-11-9-20-17(21)8-5-10-22(2)19(23)15-12-14-6-4-7-16(24-3)18(14)25-13-15/h4,6-7,9,11,15H,5,8,10,12-13H2,1-3H3/t15-/m0/s1. The van der Waals surface area contributed by atoms with Crippen molar-refractivity contribution in [1.82, 2.24) is 14.5 Å². The number of fused-ring (bicyclic) bond motifs is 1. The van der Waals surface area contributed by atoms with Gasteiger partial charge in [-0.2, -0.15) is 0 Å². The smallest absolute Gasteiger partial charge is 0.229 e. The number of nitrogens with zero attached hydrogens (tertiary/aromatic N) is 3. The molecule has 1 amide bonds.